The standard InChI is InChI=1S/C6H11Cl2N/c1-3-4-5(7)6(8)9-2/h4,6,9H,3H2,1-2H3/b5-4+. The lowest BCUT2D eigenvalue weighted by Crippen LogP contribution is -2.18. The summed E-state index contributed by atoms with van der Waals surface area (Å²) >= 11 is 11.4. The second kappa shape index (κ2) is 5.10. The van der Waals surface area contributed by atoms with Crippen LogP contribution in [0.15, 0.2) is 11.1 Å². The highest BCUT2D eigenvalue weighted by atomic mass is 35.5. The van der Waals surface area contributed by atoms with Gasteiger partial charge in [-0.15, -0.1) is 0 Å². The first-order valence-electron chi connectivity index (χ1n) is 2.89. The van der Waals surface area contributed by atoms with Crippen LogP contribution >= 0.6 is 23.2 Å². The number of nitrogens with one attached hydrogen (secondary N) is 1. The fraction of sp³-hybridized carbons (Fsp3) is 0.667. The molecule has 0 aromatic carbocycles. The van der Waals surface area contributed by atoms with Crippen LogP contribution in [0.25, 0.3) is 0 Å². The Balaban J connectivity index is 3.70. The van der Waals surface area contributed by atoms with Gasteiger partial charge in [-0.25, -0.2) is 0 Å². The quantitative estimate of drug-likeness (QED) is 0.503. The summed E-state index contributed by atoms with van der Waals surface area (Å²) in [6, 6.07) is 0. The number of hydrogen-bond acceptors (Lipinski definition) is 1. The molecule has 0 amide bonds. The molecule has 0 aromatic heterocycles. The topological polar surface area (TPSA) is 12.0 Å². The van der Waals surface area contributed by atoms with Gasteiger partial charge in [0.1, 0.15) is 5.50 Å². The summed E-state index contributed by atoms with van der Waals surface area (Å²) in [7, 11) is 1.77. The van der Waals surface area contributed by atoms with Crippen molar-refractivity contribution >= 4 is 23.2 Å². The van der Waals surface area contributed by atoms with Crippen molar-refractivity contribution in [1.29, 1.82) is 0 Å². The van der Waals surface area contributed by atoms with E-state index >= 15 is 0 Å². The van der Waals surface area contributed by atoms with Gasteiger partial charge in [-0.3, -0.25) is 5.32 Å². The monoisotopic (exact) mass is 167 g/mol. The van der Waals surface area contributed by atoms with Crippen LogP contribution in [0.3, 0.4) is 0 Å². The van der Waals surface area contributed by atoms with Crippen LogP contribution in [0.4, 0.5) is 0 Å². The zero-order valence-electron chi connectivity index (χ0n) is 5.62. The Hall–Kier alpha value is 0.280. The van der Waals surface area contributed by atoms with Gasteiger partial charge >= 0.3 is 0 Å². The molecule has 0 saturated heterocycles. The van der Waals surface area contributed by atoms with Gasteiger partial charge in [-0.2, -0.15) is 0 Å². The first-order chi connectivity index (χ1) is 4.22. The maximum atomic E-state index is 5.70. The molecule has 54 valence electrons. The average Bonchev–Trinajstić information content (AvgIpc) is 1.87. The second-order valence-corrected chi connectivity index (χ2v) is 2.52. The van der Waals surface area contributed by atoms with Gasteiger partial charge in [0.25, 0.3) is 0 Å². The van der Waals surface area contributed by atoms with Gasteiger partial charge < -0.3 is 0 Å². The molecule has 0 aliphatic rings. The van der Waals surface area contributed by atoms with E-state index in [9.17, 15) is 0 Å². The van der Waals surface area contributed by atoms with E-state index in [0.717, 1.165) is 6.42 Å². The third-order valence-electron chi connectivity index (χ3n) is 0.895. The molecule has 3 heteroatoms. The Kier molecular flexibility index (Phi) is 5.25. The minimum Gasteiger partial charge on any atom is -0.300 e. The number of halogens is 2. The van der Waals surface area contributed by atoms with E-state index in [1.54, 1.807) is 7.05 Å². The summed E-state index contributed by atoms with van der Waals surface area (Å²) in [6.07, 6.45) is 2.81. The van der Waals surface area contributed by atoms with Gasteiger partial charge in [0, 0.05) is 5.03 Å². The fourth-order valence-corrected chi connectivity index (χ4v) is 0.789. The van der Waals surface area contributed by atoms with E-state index in [0.29, 0.717) is 5.03 Å². The highest BCUT2D eigenvalue weighted by molar-refractivity contribution is 6.37. The van der Waals surface area contributed by atoms with Gasteiger partial charge in [-0.05, 0) is 13.5 Å². The van der Waals surface area contributed by atoms with E-state index in [1.807, 2.05) is 13.0 Å². The van der Waals surface area contributed by atoms with E-state index < -0.39 is 0 Å². The molecule has 0 aliphatic heterocycles. The zero-order valence-corrected chi connectivity index (χ0v) is 7.13. The van der Waals surface area contributed by atoms with Crippen molar-refractivity contribution in [3.8, 4) is 0 Å². The van der Waals surface area contributed by atoms with Crippen molar-refractivity contribution in [2.24, 2.45) is 0 Å². The molecule has 0 spiro atoms. The van der Waals surface area contributed by atoms with E-state index in [-0.39, 0.29) is 5.50 Å². The summed E-state index contributed by atoms with van der Waals surface area (Å²) in [5.74, 6) is 0. The molecule has 1 nitrogen and oxygen atoms in total. The fourth-order valence-electron chi connectivity index (χ4n) is 0.436. The largest absolute Gasteiger partial charge is 0.300 e. The summed E-state index contributed by atoms with van der Waals surface area (Å²) in [6.45, 7) is 2.02. The molecule has 0 bridgehead atoms. The van der Waals surface area contributed by atoms with Crippen molar-refractivity contribution < 1.29 is 0 Å². The molecule has 0 saturated carbocycles. The minimum absolute atomic E-state index is 0.230. The maximum Gasteiger partial charge on any atom is 0.118 e. The summed E-state index contributed by atoms with van der Waals surface area (Å²) in [5.41, 5.74) is -0.230. The normalized spacial score (nSPS) is 15.8. The number of alkyl halides is 1. The molecule has 1 N–H and O–H groups in total. The number of hydrogen-bond donors (Lipinski definition) is 1. The average molecular weight is 168 g/mol. The van der Waals surface area contributed by atoms with Gasteiger partial charge in [0.2, 0.25) is 0 Å². The molecule has 0 radical (unpaired) electrons. The SMILES string of the molecule is CC/C=C(/Cl)C(Cl)NC. The molecule has 9 heavy (non-hydrogen) atoms. The summed E-state index contributed by atoms with van der Waals surface area (Å²) in [5, 5.41) is 3.48. The second-order valence-electron chi connectivity index (χ2n) is 1.65. The number of allylic oxidation sites excluding steroid dienone is 1. The third kappa shape index (κ3) is 3.79. The van der Waals surface area contributed by atoms with Crippen LogP contribution in [-0.2, 0) is 0 Å². The van der Waals surface area contributed by atoms with Crippen molar-refractivity contribution in [2.75, 3.05) is 7.05 Å². The van der Waals surface area contributed by atoms with Gasteiger partial charge in [0.15, 0.2) is 0 Å². The predicted molar refractivity (Wildman–Crippen MR) is 42.9 cm³/mol. The molecule has 0 fully saturated rings. The molecule has 1 atom stereocenters. The van der Waals surface area contributed by atoms with E-state index in [2.05, 4.69) is 5.32 Å². The predicted octanol–water partition coefficient (Wildman–Crippen LogP) is 2.30. The molecule has 0 heterocycles. The molecular formula is C6H11Cl2N. The minimum atomic E-state index is -0.230. The van der Waals surface area contributed by atoms with Crippen LogP contribution in [0.5, 0.6) is 0 Å². The molecule has 0 aromatic rings. The first-order valence-corrected chi connectivity index (χ1v) is 3.70. The van der Waals surface area contributed by atoms with Crippen molar-refractivity contribution in [2.45, 2.75) is 18.8 Å². The Morgan fingerprint density at radius 2 is 2.33 bits per heavy atom. The van der Waals surface area contributed by atoms with Crippen molar-refractivity contribution in [1.82, 2.24) is 5.32 Å². The highest BCUT2D eigenvalue weighted by Gasteiger charge is 2.02. The molecule has 0 rings (SSSR count). The smallest absolute Gasteiger partial charge is 0.118 e. The Bertz CT molecular complexity index is 101. The molecule has 0 aliphatic carbocycles. The first kappa shape index (κ1) is 9.28. The van der Waals surface area contributed by atoms with Crippen LogP contribution in [0, 0.1) is 0 Å². The van der Waals surface area contributed by atoms with E-state index in [4.69, 9.17) is 23.2 Å². The molecular weight excluding hydrogens is 157 g/mol. The number of likely N-dealkylation sites (N-methyl/N-ethyl adjacent to an activating group) is 1. The van der Waals surface area contributed by atoms with Crippen molar-refractivity contribution in [3.63, 3.8) is 0 Å². The zero-order chi connectivity index (χ0) is 7.28. The summed E-state index contributed by atoms with van der Waals surface area (Å²) < 4.78 is 0. The van der Waals surface area contributed by atoms with Gasteiger partial charge in [-0.1, -0.05) is 36.2 Å². The third-order valence-corrected chi connectivity index (χ3v) is 1.83. The van der Waals surface area contributed by atoms with Crippen LogP contribution in [0.1, 0.15) is 13.3 Å². The van der Waals surface area contributed by atoms with Crippen LogP contribution in [-0.4, -0.2) is 12.5 Å². The maximum absolute atomic E-state index is 5.70. The summed E-state index contributed by atoms with van der Waals surface area (Å²) in [4.78, 5) is 0. The highest BCUT2D eigenvalue weighted by Crippen LogP contribution is 2.11. The van der Waals surface area contributed by atoms with Gasteiger partial charge in [0.05, 0.1) is 0 Å². The Labute approximate surface area is 66.0 Å². The van der Waals surface area contributed by atoms with Crippen LogP contribution < -0.4 is 5.32 Å². The lowest BCUT2D eigenvalue weighted by atomic mass is 10.4. The number of rotatable bonds is 3. The van der Waals surface area contributed by atoms with E-state index in [1.165, 1.54) is 0 Å². The Morgan fingerprint density at radius 3 is 2.67 bits per heavy atom. The molecule has 1 unspecified atom stereocenters. The lowest BCUT2D eigenvalue weighted by Gasteiger charge is -2.04. The lowest BCUT2D eigenvalue weighted by molar-refractivity contribution is 0.841. The van der Waals surface area contributed by atoms with Crippen molar-refractivity contribution in [3.05, 3.63) is 11.1 Å². The Morgan fingerprint density at radius 1 is 1.78 bits per heavy atom. The van der Waals surface area contributed by atoms with Crippen LogP contribution in [0.2, 0.25) is 0 Å².